The number of aryl methyl sites for hydroxylation is 1. The van der Waals surface area contributed by atoms with Crippen molar-refractivity contribution in [3.8, 4) is 5.75 Å². The van der Waals surface area contributed by atoms with Crippen molar-refractivity contribution in [3.05, 3.63) is 36.2 Å². The van der Waals surface area contributed by atoms with E-state index in [2.05, 4.69) is 36.3 Å². The smallest absolute Gasteiger partial charge is 0.267 e. The second kappa shape index (κ2) is 6.93. The minimum Gasteiger partial charge on any atom is -0.475 e. The first-order chi connectivity index (χ1) is 11.5. The molecule has 24 heavy (non-hydrogen) atoms. The number of ether oxygens (including phenoxy) is 1. The summed E-state index contributed by atoms with van der Waals surface area (Å²) in [5.41, 5.74) is 0.0289. The molecule has 0 saturated carbocycles. The van der Waals surface area contributed by atoms with Crippen molar-refractivity contribution in [2.45, 2.75) is 45.3 Å². The molecule has 1 saturated heterocycles. The lowest BCUT2D eigenvalue weighted by Gasteiger charge is -2.41. The van der Waals surface area contributed by atoms with Crippen molar-refractivity contribution in [2.75, 3.05) is 19.6 Å². The van der Waals surface area contributed by atoms with Crippen LogP contribution in [-0.4, -0.2) is 47.1 Å². The molecule has 5 heteroatoms. The largest absolute Gasteiger partial charge is 0.475 e. The van der Waals surface area contributed by atoms with Gasteiger partial charge in [0.15, 0.2) is 5.60 Å². The number of hydrogen-bond acceptors (Lipinski definition) is 4. The zero-order valence-electron chi connectivity index (χ0n) is 14.8. The number of nitrogens with one attached hydrogen (secondary N) is 1. The summed E-state index contributed by atoms with van der Waals surface area (Å²) in [7, 11) is 0. The zero-order chi connectivity index (χ0) is 17.2. The summed E-state index contributed by atoms with van der Waals surface area (Å²) in [6, 6.07) is 3.92. The van der Waals surface area contributed by atoms with Gasteiger partial charge in [0.05, 0.1) is 11.7 Å². The Morgan fingerprint density at radius 1 is 1.42 bits per heavy atom. The average Bonchev–Trinajstić information content (AvgIpc) is 3.07. The Bertz CT molecular complexity index is 621. The molecule has 2 aliphatic rings. The molecule has 0 radical (unpaired) electrons. The molecule has 2 aliphatic heterocycles. The van der Waals surface area contributed by atoms with E-state index in [0.29, 0.717) is 31.1 Å². The summed E-state index contributed by atoms with van der Waals surface area (Å²) in [4.78, 5) is 19.7. The number of hydrogen-bond donors (Lipinski definition) is 1. The highest BCUT2D eigenvalue weighted by molar-refractivity contribution is 5.87. The lowest BCUT2D eigenvalue weighted by atomic mass is 9.89. The summed E-state index contributed by atoms with van der Waals surface area (Å²) in [5.74, 6) is 1.21. The number of rotatable bonds is 4. The topological polar surface area (TPSA) is 54.5 Å². The molecule has 3 rings (SSSR count). The van der Waals surface area contributed by atoms with E-state index in [4.69, 9.17) is 4.74 Å². The summed E-state index contributed by atoms with van der Waals surface area (Å²) in [6.07, 6.45) is 7.35. The second-order valence-electron chi connectivity index (χ2n) is 7.05. The lowest BCUT2D eigenvalue weighted by molar-refractivity contribution is -0.152. The fourth-order valence-corrected chi connectivity index (χ4v) is 3.58. The van der Waals surface area contributed by atoms with Gasteiger partial charge in [-0.05, 0) is 38.1 Å². The van der Waals surface area contributed by atoms with E-state index in [0.717, 1.165) is 18.8 Å². The number of piperidine rings is 1. The van der Waals surface area contributed by atoms with Gasteiger partial charge in [0.25, 0.3) is 5.91 Å². The first-order valence-electron chi connectivity index (χ1n) is 8.82. The molecule has 1 aromatic heterocycles. The highest BCUT2D eigenvalue weighted by atomic mass is 16.5. The van der Waals surface area contributed by atoms with Gasteiger partial charge in [0, 0.05) is 25.6 Å². The van der Waals surface area contributed by atoms with E-state index in [9.17, 15) is 4.79 Å². The van der Waals surface area contributed by atoms with Gasteiger partial charge in [-0.3, -0.25) is 9.78 Å². The van der Waals surface area contributed by atoms with E-state index < -0.39 is 5.60 Å². The molecular formula is C19H27N3O2. The first kappa shape index (κ1) is 17.0. The van der Waals surface area contributed by atoms with Gasteiger partial charge in [-0.15, -0.1) is 0 Å². The van der Waals surface area contributed by atoms with Crippen LogP contribution in [0.25, 0.3) is 0 Å². The Morgan fingerprint density at radius 2 is 2.17 bits per heavy atom. The molecule has 1 atom stereocenters. The number of carbonyl (C=O) groups is 1. The van der Waals surface area contributed by atoms with Crippen molar-refractivity contribution in [1.29, 1.82) is 0 Å². The Balaban J connectivity index is 1.88. The zero-order valence-corrected chi connectivity index (χ0v) is 14.8. The third-order valence-corrected chi connectivity index (χ3v) is 5.00. The van der Waals surface area contributed by atoms with Crippen LogP contribution in [0.15, 0.2) is 30.5 Å². The van der Waals surface area contributed by atoms with Crippen LogP contribution < -0.4 is 10.1 Å². The molecule has 0 spiro atoms. The van der Waals surface area contributed by atoms with E-state index in [1.807, 2.05) is 24.0 Å². The fourth-order valence-electron chi connectivity index (χ4n) is 3.58. The number of pyridine rings is 1. The first-order valence-corrected chi connectivity index (χ1v) is 8.82. The Hall–Kier alpha value is -1.88. The van der Waals surface area contributed by atoms with Crippen LogP contribution in [0.4, 0.5) is 0 Å². The number of amides is 1. The monoisotopic (exact) mass is 329 g/mol. The van der Waals surface area contributed by atoms with E-state index in [1.54, 1.807) is 6.20 Å². The highest BCUT2D eigenvalue weighted by Crippen LogP contribution is 2.32. The van der Waals surface area contributed by atoms with Crippen LogP contribution in [-0.2, 0) is 4.79 Å². The van der Waals surface area contributed by atoms with Crippen LogP contribution in [0.2, 0.25) is 0 Å². The summed E-state index contributed by atoms with van der Waals surface area (Å²) in [6.45, 7) is 8.48. The number of nitrogens with zero attached hydrogens (tertiary/aromatic N) is 2. The minimum absolute atomic E-state index is 0.107. The summed E-state index contributed by atoms with van der Waals surface area (Å²) < 4.78 is 6.35. The van der Waals surface area contributed by atoms with Gasteiger partial charge in [-0.25, -0.2) is 0 Å². The molecule has 1 amide bonds. The van der Waals surface area contributed by atoms with Gasteiger partial charge < -0.3 is 15.0 Å². The standard InChI is InChI=1S/C19H27N3O2/c1-14(2)16-6-5-13-22(16)18(23)19(8-11-20-12-9-19)24-17-7-4-10-21-15(17)3/h4-7,10,14,16,20H,8-9,11-13H2,1-3H3/t16-/m1/s1. The van der Waals surface area contributed by atoms with E-state index in [1.165, 1.54) is 0 Å². The van der Waals surface area contributed by atoms with E-state index >= 15 is 0 Å². The average molecular weight is 329 g/mol. The molecule has 5 nitrogen and oxygen atoms in total. The summed E-state index contributed by atoms with van der Waals surface area (Å²) in [5, 5.41) is 3.34. The van der Waals surface area contributed by atoms with Crippen molar-refractivity contribution in [2.24, 2.45) is 5.92 Å². The van der Waals surface area contributed by atoms with Crippen molar-refractivity contribution in [1.82, 2.24) is 15.2 Å². The van der Waals surface area contributed by atoms with Gasteiger partial charge >= 0.3 is 0 Å². The van der Waals surface area contributed by atoms with Gasteiger partial charge in [-0.1, -0.05) is 26.0 Å². The van der Waals surface area contributed by atoms with Crippen molar-refractivity contribution < 1.29 is 9.53 Å². The predicted molar refractivity (Wildman–Crippen MR) is 93.9 cm³/mol. The molecule has 3 heterocycles. The van der Waals surface area contributed by atoms with Gasteiger partial charge in [0.1, 0.15) is 5.75 Å². The maximum Gasteiger partial charge on any atom is 0.267 e. The highest BCUT2D eigenvalue weighted by Gasteiger charge is 2.47. The Kier molecular flexibility index (Phi) is 4.90. The SMILES string of the molecule is Cc1ncccc1OC1(C(=O)N2CC=C[C@@H]2C(C)C)CCNCC1. The van der Waals surface area contributed by atoms with Crippen LogP contribution in [0.1, 0.15) is 32.4 Å². The Labute approximate surface area is 144 Å². The quantitative estimate of drug-likeness (QED) is 0.861. The number of aromatic nitrogens is 1. The second-order valence-corrected chi connectivity index (χ2v) is 7.05. The third kappa shape index (κ3) is 3.18. The van der Waals surface area contributed by atoms with Gasteiger partial charge in [0.2, 0.25) is 0 Å². The maximum absolute atomic E-state index is 13.5. The minimum atomic E-state index is -0.793. The van der Waals surface area contributed by atoms with Crippen LogP contribution in [0.5, 0.6) is 5.75 Å². The van der Waals surface area contributed by atoms with Crippen LogP contribution in [0.3, 0.4) is 0 Å². The third-order valence-electron chi connectivity index (χ3n) is 5.00. The lowest BCUT2D eigenvalue weighted by Crippen LogP contribution is -2.59. The molecule has 0 aromatic carbocycles. The number of carbonyl (C=O) groups excluding carboxylic acids is 1. The maximum atomic E-state index is 13.5. The molecule has 0 unspecified atom stereocenters. The van der Waals surface area contributed by atoms with Crippen molar-refractivity contribution >= 4 is 5.91 Å². The van der Waals surface area contributed by atoms with Gasteiger partial charge in [-0.2, -0.15) is 0 Å². The van der Waals surface area contributed by atoms with Crippen LogP contribution >= 0.6 is 0 Å². The predicted octanol–water partition coefficient (Wildman–Crippen LogP) is 2.31. The van der Waals surface area contributed by atoms with E-state index in [-0.39, 0.29) is 11.9 Å². The Morgan fingerprint density at radius 3 is 2.83 bits per heavy atom. The fraction of sp³-hybridized carbons (Fsp3) is 0.579. The molecule has 1 N–H and O–H groups in total. The normalized spacial score (nSPS) is 22.8. The molecule has 0 bridgehead atoms. The molecule has 130 valence electrons. The molecule has 1 fully saturated rings. The van der Waals surface area contributed by atoms with Crippen LogP contribution in [0, 0.1) is 12.8 Å². The molecular weight excluding hydrogens is 302 g/mol. The molecule has 0 aliphatic carbocycles. The molecule has 1 aromatic rings. The van der Waals surface area contributed by atoms with Crippen molar-refractivity contribution in [3.63, 3.8) is 0 Å². The summed E-state index contributed by atoms with van der Waals surface area (Å²) >= 11 is 0.